The van der Waals surface area contributed by atoms with Gasteiger partial charge < -0.3 is 20.1 Å². The summed E-state index contributed by atoms with van der Waals surface area (Å²) in [5, 5.41) is 0. The molecule has 2 atom stereocenters. The van der Waals surface area contributed by atoms with Gasteiger partial charge in [-0.15, -0.1) is 0 Å². The predicted molar refractivity (Wildman–Crippen MR) is 137 cm³/mol. The standard InChI is InChI=1S/C25H50NO8P/c1-3-5-7-9-11-13-15-17-24(27)31-21-23(22-33-35(29,30)32-20-19-26)34-25(28)18-16-14-12-10-8-6-4-2/h23H,3-22,26H2,1-2H3,(H,29,30)/t23-/m1/s1/i/hD. The molecular formula is C25H50NO8P. The van der Waals surface area contributed by atoms with Crippen LogP contribution >= 0.6 is 7.82 Å². The number of carbonyl (C=O) groups is 2. The number of hydrogen-bond acceptors (Lipinski definition) is 8. The van der Waals surface area contributed by atoms with Crippen molar-refractivity contribution in [1.82, 2.24) is 0 Å². The highest BCUT2D eigenvalue weighted by Gasteiger charge is 2.25. The zero-order valence-corrected chi connectivity index (χ0v) is 22.9. The Bertz CT molecular complexity index is 596. The molecule has 0 aliphatic carbocycles. The molecule has 0 aliphatic heterocycles. The Balaban J connectivity index is 4.46. The highest BCUT2D eigenvalue weighted by atomic mass is 31.2. The van der Waals surface area contributed by atoms with Gasteiger partial charge in [-0.3, -0.25) is 18.6 Å². The Kier molecular flexibility index (Phi) is 21.4. The maximum atomic E-state index is 12.3. The van der Waals surface area contributed by atoms with Gasteiger partial charge in [0.15, 0.2) is 6.10 Å². The molecule has 35 heavy (non-hydrogen) atoms. The van der Waals surface area contributed by atoms with Gasteiger partial charge in [-0.05, 0) is 12.8 Å². The number of unbranched alkanes of at least 4 members (excludes halogenated alkanes) is 12. The van der Waals surface area contributed by atoms with Crippen LogP contribution < -0.4 is 5.73 Å². The van der Waals surface area contributed by atoms with Gasteiger partial charge >= 0.3 is 19.8 Å². The molecule has 3 N–H and O–H groups in total. The lowest BCUT2D eigenvalue weighted by Crippen LogP contribution is -2.29. The molecule has 0 spiro atoms. The highest BCUT2D eigenvalue weighted by molar-refractivity contribution is 7.47. The molecule has 0 fully saturated rings. The van der Waals surface area contributed by atoms with Crippen molar-refractivity contribution in [3.8, 4) is 0 Å². The smallest absolute Gasteiger partial charge is 0.462 e. The van der Waals surface area contributed by atoms with E-state index in [9.17, 15) is 19.0 Å². The number of hydrogen-bond donors (Lipinski definition) is 2. The first-order valence-electron chi connectivity index (χ1n) is 14.0. The summed E-state index contributed by atoms with van der Waals surface area (Å²) < 4.78 is 39.1. The third-order valence-corrected chi connectivity index (χ3v) is 6.46. The van der Waals surface area contributed by atoms with E-state index in [1.807, 2.05) is 5.73 Å². The second-order valence-corrected chi connectivity index (χ2v) is 10.3. The molecule has 0 saturated heterocycles. The number of rotatable bonds is 26. The molecule has 0 saturated carbocycles. The molecule has 208 valence electrons. The van der Waals surface area contributed by atoms with E-state index in [0.717, 1.165) is 44.9 Å². The van der Waals surface area contributed by atoms with E-state index in [4.69, 9.17) is 19.9 Å². The van der Waals surface area contributed by atoms with Gasteiger partial charge in [-0.25, -0.2) is 4.57 Å². The minimum absolute atomic E-state index is 0.0426. The van der Waals surface area contributed by atoms with Gasteiger partial charge in [-0.2, -0.15) is 0 Å². The van der Waals surface area contributed by atoms with Gasteiger partial charge in [-0.1, -0.05) is 90.9 Å². The van der Waals surface area contributed by atoms with Crippen molar-refractivity contribution in [3.63, 3.8) is 0 Å². The molecular weight excluding hydrogens is 473 g/mol. The van der Waals surface area contributed by atoms with E-state index in [1.165, 1.54) is 38.5 Å². The molecule has 0 amide bonds. The fourth-order valence-corrected chi connectivity index (χ4v) is 4.20. The molecule has 0 aromatic carbocycles. The average molecular weight is 525 g/mol. The fourth-order valence-electron chi connectivity index (χ4n) is 3.45. The lowest BCUT2D eigenvalue weighted by Gasteiger charge is -2.19. The molecule has 1 unspecified atom stereocenters. The maximum absolute atomic E-state index is 12.3. The normalized spacial score (nSPS) is 14.2. The Morgan fingerprint density at radius 1 is 0.800 bits per heavy atom. The topological polar surface area (TPSA) is 134 Å². The largest absolute Gasteiger partial charge is 0.472 e. The third-order valence-electron chi connectivity index (χ3n) is 5.48. The van der Waals surface area contributed by atoms with Crippen molar-refractivity contribution < 1.29 is 39.0 Å². The monoisotopic (exact) mass is 524 g/mol. The van der Waals surface area contributed by atoms with Gasteiger partial charge in [0.1, 0.15) is 8.02 Å². The Morgan fingerprint density at radius 3 is 1.86 bits per heavy atom. The van der Waals surface area contributed by atoms with E-state index >= 15 is 0 Å². The predicted octanol–water partition coefficient (Wildman–Crippen LogP) is 5.82. The average Bonchev–Trinajstić information content (AvgIpc) is 2.84. The number of phosphoric acid groups is 1. The van der Waals surface area contributed by atoms with Crippen LogP contribution in [0.25, 0.3) is 0 Å². The minimum Gasteiger partial charge on any atom is -0.462 e. The Labute approximate surface area is 213 Å². The summed E-state index contributed by atoms with van der Waals surface area (Å²) in [7, 11) is -4.40. The molecule has 0 rings (SSSR count). The van der Waals surface area contributed by atoms with Crippen LogP contribution in [0.5, 0.6) is 0 Å². The van der Waals surface area contributed by atoms with Crippen molar-refractivity contribution >= 4 is 19.8 Å². The van der Waals surface area contributed by atoms with Crippen molar-refractivity contribution in [2.45, 2.75) is 123 Å². The molecule has 0 aliphatic rings. The van der Waals surface area contributed by atoms with Crippen LogP contribution in [0.3, 0.4) is 0 Å². The molecule has 10 heteroatoms. The number of nitrogens with two attached hydrogens (primary N) is 1. The summed E-state index contributed by atoms with van der Waals surface area (Å²) in [6.45, 7) is 3.47. The fraction of sp³-hybridized carbons (Fsp3) is 0.920. The van der Waals surface area contributed by atoms with Crippen LogP contribution in [0.15, 0.2) is 0 Å². The Morgan fingerprint density at radius 2 is 1.31 bits per heavy atom. The lowest BCUT2D eigenvalue weighted by molar-refractivity contribution is -0.161. The SMILES string of the molecule is [2H]NCCOP(=O)(O)OC[C@@H](COC(=O)CCCCCCCCC)OC(=O)CCCCCCCCC. The first-order valence-corrected chi connectivity index (χ1v) is 15.0. The zero-order valence-electron chi connectivity index (χ0n) is 23.0. The number of esters is 2. The second kappa shape index (κ2) is 23.4. The van der Waals surface area contributed by atoms with Crippen LogP contribution in [0.1, 0.15) is 117 Å². The van der Waals surface area contributed by atoms with Crippen LogP contribution in [0.2, 0.25) is 1.41 Å². The molecule has 0 heterocycles. The minimum atomic E-state index is -4.40. The summed E-state index contributed by atoms with van der Waals surface area (Å²) in [5.41, 5.74) is 2.05. The first-order chi connectivity index (χ1) is 17.3. The number of phosphoric ester groups is 1. The van der Waals surface area contributed by atoms with Gasteiger partial charge in [0, 0.05) is 19.4 Å². The lowest BCUT2D eigenvalue weighted by atomic mass is 10.1. The number of ether oxygens (including phenoxy) is 2. The van der Waals surface area contributed by atoms with Crippen LogP contribution in [0.4, 0.5) is 0 Å². The molecule has 0 radical (unpaired) electrons. The van der Waals surface area contributed by atoms with Crippen molar-refractivity contribution in [3.05, 3.63) is 0 Å². The van der Waals surface area contributed by atoms with Crippen molar-refractivity contribution in [2.24, 2.45) is 5.73 Å². The van der Waals surface area contributed by atoms with Gasteiger partial charge in [0.25, 0.3) is 0 Å². The molecule has 0 aromatic rings. The summed E-state index contributed by atoms with van der Waals surface area (Å²) in [6, 6.07) is 0. The van der Waals surface area contributed by atoms with Crippen LogP contribution in [0, 0.1) is 0 Å². The third kappa shape index (κ3) is 23.2. The second-order valence-electron chi connectivity index (χ2n) is 8.89. The Hall–Kier alpha value is -0.990. The van der Waals surface area contributed by atoms with Crippen LogP contribution in [-0.2, 0) is 32.7 Å². The molecule has 9 nitrogen and oxygen atoms in total. The van der Waals surface area contributed by atoms with E-state index in [2.05, 4.69) is 13.8 Å². The van der Waals surface area contributed by atoms with E-state index < -0.39 is 32.5 Å². The van der Waals surface area contributed by atoms with E-state index in [-0.39, 0.29) is 32.6 Å². The maximum Gasteiger partial charge on any atom is 0.472 e. The van der Waals surface area contributed by atoms with Crippen molar-refractivity contribution in [1.29, 1.82) is 0 Å². The first kappa shape index (κ1) is 32.0. The zero-order chi connectivity index (χ0) is 26.9. The van der Waals surface area contributed by atoms with Crippen molar-refractivity contribution in [2.75, 3.05) is 26.4 Å². The van der Waals surface area contributed by atoms with E-state index in [1.54, 1.807) is 0 Å². The number of carbonyl (C=O) groups excluding carboxylic acids is 2. The molecule has 0 bridgehead atoms. The summed E-state index contributed by atoms with van der Waals surface area (Å²) in [4.78, 5) is 34.1. The summed E-state index contributed by atoms with van der Waals surface area (Å²) >= 11 is 0. The molecule has 0 aromatic heterocycles. The summed E-state index contributed by atoms with van der Waals surface area (Å²) in [6.07, 6.45) is 14.5. The highest BCUT2D eigenvalue weighted by Crippen LogP contribution is 2.43. The van der Waals surface area contributed by atoms with Crippen LogP contribution in [-0.4, -0.2) is 49.3 Å². The quantitative estimate of drug-likeness (QED) is 0.0815. The van der Waals surface area contributed by atoms with E-state index in [0.29, 0.717) is 6.42 Å². The summed E-state index contributed by atoms with van der Waals surface area (Å²) in [5.74, 6) is -0.867. The van der Waals surface area contributed by atoms with Gasteiger partial charge in [0.05, 0.1) is 13.2 Å². The van der Waals surface area contributed by atoms with Gasteiger partial charge in [0.2, 0.25) is 0 Å².